The number of hydrogen-bond donors (Lipinski definition) is 0. The zero-order valence-electron chi connectivity index (χ0n) is 14.3. The molecule has 0 amide bonds. The molecule has 0 bridgehead atoms. The number of unbranched alkanes of at least 4 members (excludes halogenated alkanes) is 1. The molecule has 0 radical (unpaired) electrons. The molecule has 0 aliphatic rings. The zero-order chi connectivity index (χ0) is 16.9. The van der Waals surface area contributed by atoms with E-state index in [4.69, 9.17) is 4.74 Å². The first kappa shape index (κ1) is 16.3. The molecular weight excluding hydrogens is 298 g/mol. The van der Waals surface area contributed by atoms with Crippen molar-refractivity contribution in [3.05, 3.63) is 65.4 Å². The molecule has 124 valence electrons. The number of aromatic nitrogens is 1. The molecule has 0 N–H and O–H groups in total. The molecule has 0 fully saturated rings. The molecule has 0 aliphatic heterocycles. The Kier molecular flexibility index (Phi) is 4.99. The monoisotopic (exact) mass is 321 g/mol. The first-order chi connectivity index (χ1) is 11.7. The molecule has 0 spiro atoms. The van der Waals surface area contributed by atoms with Gasteiger partial charge >= 0.3 is 0 Å². The van der Waals surface area contributed by atoms with E-state index in [1.165, 1.54) is 5.56 Å². The van der Waals surface area contributed by atoms with Crippen LogP contribution in [0.15, 0.2) is 48.5 Å². The molecule has 24 heavy (non-hydrogen) atoms. The van der Waals surface area contributed by atoms with Crippen molar-refractivity contribution in [1.29, 1.82) is 0 Å². The zero-order valence-corrected chi connectivity index (χ0v) is 14.3. The highest BCUT2D eigenvalue weighted by Gasteiger charge is 2.14. The van der Waals surface area contributed by atoms with Crippen molar-refractivity contribution < 1.29 is 9.53 Å². The van der Waals surface area contributed by atoms with Gasteiger partial charge in [0.2, 0.25) is 0 Å². The van der Waals surface area contributed by atoms with Crippen molar-refractivity contribution >= 4 is 17.2 Å². The number of aldehydes is 1. The van der Waals surface area contributed by atoms with Gasteiger partial charge in [0.15, 0.2) is 6.29 Å². The lowest BCUT2D eigenvalue weighted by molar-refractivity contribution is 0.112. The maximum absolute atomic E-state index is 11.6. The first-order valence-electron chi connectivity index (χ1n) is 8.49. The summed E-state index contributed by atoms with van der Waals surface area (Å²) in [5.41, 5.74) is 4.04. The van der Waals surface area contributed by atoms with Gasteiger partial charge in [0.05, 0.1) is 6.61 Å². The molecule has 3 aromatic rings. The summed E-state index contributed by atoms with van der Waals surface area (Å²) in [5, 5.41) is 0.965. The van der Waals surface area contributed by atoms with Gasteiger partial charge in [-0.1, -0.05) is 43.7 Å². The smallest absolute Gasteiger partial charge is 0.152 e. The van der Waals surface area contributed by atoms with E-state index < -0.39 is 0 Å². The number of carbonyl (C=O) groups excluding carboxylic acids is 1. The number of fused-ring (bicyclic) bond motifs is 1. The molecule has 3 heteroatoms. The fraction of sp³-hybridized carbons (Fsp3) is 0.286. The van der Waals surface area contributed by atoms with Gasteiger partial charge in [-0.15, -0.1) is 0 Å². The predicted octanol–water partition coefficient (Wildman–Crippen LogP) is 4.99. The van der Waals surface area contributed by atoms with E-state index in [1.807, 2.05) is 37.3 Å². The van der Waals surface area contributed by atoms with Crippen molar-refractivity contribution in [1.82, 2.24) is 4.57 Å². The molecular formula is C21H23NO2. The summed E-state index contributed by atoms with van der Waals surface area (Å²) in [6.07, 6.45) is 3.09. The molecule has 0 saturated heterocycles. The highest BCUT2D eigenvalue weighted by Crippen LogP contribution is 2.29. The van der Waals surface area contributed by atoms with Crippen LogP contribution >= 0.6 is 0 Å². The standard InChI is InChI=1S/C21H23NO2/c1-3-4-12-24-18-10-11-21-19(13-18)20(15-23)16(2)22(21)14-17-8-6-5-7-9-17/h5-11,13,15H,3-4,12,14H2,1-2H3. The second-order valence-corrected chi connectivity index (χ2v) is 6.07. The molecule has 1 heterocycles. The summed E-state index contributed by atoms with van der Waals surface area (Å²) in [6, 6.07) is 16.3. The van der Waals surface area contributed by atoms with Crippen molar-refractivity contribution in [2.45, 2.75) is 33.2 Å². The maximum Gasteiger partial charge on any atom is 0.152 e. The lowest BCUT2D eigenvalue weighted by atomic mass is 10.1. The lowest BCUT2D eigenvalue weighted by Crippen LogP contribution is -2.02. The average molecular weight is 321 g/mol. The second-order valence-electron chi connectivity index (χ2n) is 6.07. The predicted molar refractivity (Wildman–Crippen MR) is 98.0 cm³/mol. The summed E-state index contributed by atoms with van der Waals surface area (Å²) in [6.45, 7) is 5.61. The fourth-order valence-electron chi connectivity index (χ4n) is 3.03. The van der Waals surface area contributed by atoms with E-state index in [0.717, 1.165) is 53.6 Å². The normalized spacial score (nSPS) is 10.9. The summed E-state index contributed by atoms with van der Waals surface area (Å²) in [4.78, 5) is 11.6. The minimum absolute atomic E-state index is 0.710. The third-order valence-corrected chi connectivity index (χ3v) is 4.41. The van der Waals surface area contributed by atoms with Crippen LogP contribution in [-0.4, -0.2) is 17.5 Å². The number of ether oxygens (including phenoxy) is 1. The highest BCUT2D eigenvalue weighted by atomic mass is 16.5. The van der Waals surface area contributed by atoms with Crippen LogP contribution in [-0.2, 0) is 6.54 Å². The first-order valence-corrected chi connectivity index (χ1v) is 8.49. The molecule has 3 rings (SSSR count). The van der Waals surface area contributed by atoms with Crippen molar-refractivity contribution in [3.8, 4) is 5.75 Å². The van der Waals surface area contributed by atoms with Gasteiger partial charge in [0, 0.05) is 28.7 Å². The van der Waals surface area contributed by atoms with Gasteiger partial charge in [-0.2, -0.15) is 0 Å². The number of hydrogen-bond acceptors (Lipinski definition) is 2. The Morgan fingerprint density at radius 2 is 1.92 bits per heavy atom. The Balaban J connectivity index is 2.00. The lowest BCUT2D eigenvalue weighted by Gasteiger charge is -2.09. The third-order valence-electron chi connectivity index (χ3n) is 4.41. The van der Waals surface area contributed by atoms with E-state index in [2.05, 4.69) is 29.7 Å². The molecule has 2 aromatic carbocycles. The number of nitrogens with zero attached hydrogens (tertiary/aromatic N) is 1. The summed E-state index contributed by atoms with van der Waals surface area (Å²) >= 11 is 0. The van der Waals surface area contributed by atoms with Gasteiger partial charge < -0.3 is 9.30 Å². The summed E-state index contributed by atoms with van der Waals surface area (Å²) in [7, 11) is 0. The maximum atomic E-state index is 11.6. The number of benzene rings is 2. The second kappa shape index (κ2) is 7.35. The van der Waals surface area contributed by atoms with E-state index >= 15 is 0 Å². The third kappa shape index (κ3) is 3.21. The quantitative estimate of drug-likeness (QED) is 0.453. The fourth-order valence-corrected chi connectivity index (χ4v) is 3.03. The van der Waals surface area contributed by atoms with E-state index in [-0.39, 0.29) is 0 Å². The Morgan fingerprint density at radius 3 is 2.62 bits per heavy atom. The van der Waals surface area contributed by atoms with Crippen LogP contribution in [0, 0.1) is 6.92 Å². The Morgan fingerprint density at radius 1 is 1.12 bits per heavy atom. The highest BCUT2D eigenvalue weighted by molar-refractivity contribution is 6.00. The van der Waals surface area contributed by atoms with Crippen molar-refractivity contribution in [2.75, 3.05) is 6.61 Å². The van der Waals surface area contributed by atoms with Gasteiger partial charge in [-0.25, -0.2) is 0 Å². The van der Waals surface area contributed by atoms with Crippen molar-refractivity contribution in [3.63, 3.8) is 0 Å². The molecule has 3 nitrogen and oxygen atoms in total. The van der Waals surface area contributed by atoms with Crippen LogP contribution < -0.4 is 4.74 Å². The molecule has 0 aliphatic carbocycles. The van der Waals surface area contributed by atoms with Gasteiger partial charge in [0.25, 0.3) is 0 Å². The molecule has 1 aromatic heterocycles. The van der Waals surface area contributed by atoms with E-state index in [0.29, 0.717) is 6.61 Å². The van der Waals surface area contributed by atoms with Crippen LogP contribution in [0.1, 0.15) is 41.4 Å². The van der Waals surface area contributed by atoms with Crippen LogP contribution in [0.3, 0.4) is 0 Å². The van der Waals surface area contributed by atoms with Crippen molar-refractivity contribution in [2.24, 2.45) is 0 Å². The Bertz CT molecular complexity index is 834. The van der Waals surface area contributed by atoms with Crippen LogP contribution in [0.5, 0.6) is 5.75 Å². The Hall–Kier alpha value is -2.55. The van der Waals surface area contributed by atoms with E-state index in [9.17, 15) is 4.79 Å². The van der Waals surface area contributed by atoms with Crippen LogP contribution in [0.4, 0.5) is 0 Å². The number of carbonyl (C=O) groups is 1. The van der Waals surface area contributed by atoms with Crippen LogP contribution in [0.25, 0.3) is 10.9 Å². The average Bonchev–Trinajstić information content (AvgIpc) is 2.87. The molecule has 0 unspecified atom stereocenters. The number of rotatable bonds is 7. The summed E-state index contributed by atoms with van der Waals surface area (Å²) < 4.78 is 7.99. The van der Waals surface area contributed by atoms with Gasteiger partial charge in [-0.05, 0) is 37.1 Å². The Labute approximate surface area is 142 Å². The topological polar surface area (TPSA) is 31.2 Å². The minimum Gasteiger partial charge on any atom is -0.494 e. The van der Waals surface area contributed by atoms with Crippen LogP contribution in [0.2, 0.25) is 0 Å². The molecule has 0 saturated carbocycles. The van der Waals surface area contributed by atoms with E-state index in [1.54, 1.807) is 0 Å². The summed E-state index contributed by atoms with van der Waals surface area (Å²) in [5.74, 6) is 0.830. The minimum atomic E-state index is 0.710. The van der Waals surface area contributed by atoms with Gasteiger partial charge in [-0.3, -0.25) is 4.79 Å². The van der Waals surface area contributed by atoms with Gasteiger partial charge in [0.1, 0.15) is 5.75 Å². The largest absolute Gasteiger partial charge is 0.494 e. The molecule has 0 atom stereocenters. The SMILES string of the molecule is CCCCOc1ccc2c(c1)c(C=O)c(C)n2Cc1ccccc1.